The lowest BCUT2D eigenvalue weighted by Gasteiger charge is -2.40. The first kappa shape index (κ1) is 21.4. The van der Waals surface area contributed by atoms with Gasteiger partial charge in [-0.1, -0.05) is 6.92 Å². The molecule has 176 valence electrons. The molecule has 13 atom stereocenters. The van der Waals surface area contributed by atoms with E-state index in [0.717, 1.165) is 48.5 Å². The summed E-state index contributed by atoms with van der Waals surface area (Å²) in [4.78, 5) is 0. The molecule has 6 rings (SSSR count). The highest BCUT2D eigenvalue weighted by Gasteiger charge is 2.62. The van der Waals surface area contributed by atoms with Gasteiger partial charge in [0.15, 0.2) is 0 Å². The third-order valence-corrected chi connectivity index (χ3v) is 10.8. The monoisotopic (exact) mass is 430 g/mol. The Labute approximate surface area is 190 Å². The fourth-order valence-corrected chi connectivity index (χ4v) is 9.46. The SMILES string of the molecule is CC(CC1COC(CC2CCC[C@H](C)O2)C1)[C@H](C)OC1CC2CC1C1C3CCC(C3)C21. The van der Waals surface area contributed by atoms with E-state index in [-0.39, 0.29) is 0 Å². The van der Waals surface area contributed by atoms with Crippen LogP contribution in [-0.4, -0.2) is 37.1 Å². The minimum Gasteiger partial charge on any atom is -0.378 e. The van der Waals surface area contributed by atoms with Gasteiger partial charge in [0, 0.05) is 6.61 Å². The van der Waals surface area contributed by atoms with Gasteiger partial charge in [-0.3, -0.25) is 0 Å². The topological polar surface area (TPSA) is 27.7 Å². The smallest absolute Gasteiger partial charge is 0.0612 e. The molecule has 2 heterocycles. The molecule has 0 radical (unpaired) electrons. The van der Waals surface area contributed by atoms with Crippen molar-refractivity contribution in [2.24, 2.45) is 47.3 Å². The molecule has 3 heteroatoms. The van der Waals surface area contributed by atoms with Crippen LogP contribution in [0.3, 0.4) is 0 Å². The molecule has 2 aliphatic heterocycles. The molecule has 4 bridgehead atoms. The average Bonchev–Trinajstić information content (AvgIpc) is 3.54. The average molecular weight is 431 g/mol. The second-order valence-electron chi connectivity index (χ2n) is 12.8. The lowest BCUT2D eigenvalue weighted by atomic mass is 9.70. The highest BCUT2D eigenvalue weighted by Crippen LogP contribution is 2.67. The molecular formula is C28H46O3. The Hall–Kier alpha value is -0.120. The van der Waals surface area contributed by atoms with Crippen LogP contribution in [0.25, 0.3) is 0 Å². The Morgan fingerprint density at radius 1 is 0.871 bits per heavy atom. The Balaban J connectivity index is 0.962. The van der Waals surface area contributed by atoms with E-state index in [2.05, 4.69) is 20.8 Å². The molecule has 0 spiro atoms. The summed E-state index contributed by atoms with van der Waals surface area (Å²) < 4.78 is 19.2. The van der Waals surface area contributed by atoms with Crippen molar-refractivity contribution in [3.63, 3.8) is 0 Å². The number of rotatable bonds is 7. The zero-order chi connectivity index (χ0) is 21.1. The molecule has 4 aliphatic carbocycles. The van der Waals surface area contributed by atoms with E-state index >= 15 is 0 Å². The first-order chi connectivity index (χ1) is 15.0. The number of fused-ring (bicyclic) bond motifs is 9. The lowest BCUT2D eigenvalue weighted by Crippen LogP contribution is -2.38. The lowest BCUT2D eigenvalue weighted by molar-refractivity contribution is -0.0823. The second-order valence-corrected chi connectivity index (χ2v) is 12.8. The second kappa shape index (κ2) is 8.58. The number of hydrogen-bond acceptors (Lipinski definition) is 3. The summed E-state index contributed by atoms with van der Waals surface area (Å²) in [5, 5.41) is 0. The van der Waals surface area contributed by atoms with E-state index in [1.54, 1.807) is 12.8 Å². The molecule has 4 saturated carbocycles. The molecule has 6 aliphatic rings. The van der Waals surface area contributed by atoms with Gasteiger partial charge < -0.3 is 14.2 Å². The van der Waals surface area contributed by atoms with Crippen LogP contribution in [0.1, 0.15) is 91.4 Å². The van der Waals surface area contributed by atoms with Crippen molar-refractivity contribution in [1.82, 2.24) is 0 Å². The Kier molecular flexibility index (Phi) is 5.93. The molecule has 2 saturated heterocycles. The maximum Gasteiger partial charge on any atom is 0.0612 e. The van der Waals surface area contributed by atoms with Gasteiger partial charge in [0.2, 0.25) is 0 Å². The number of hydrogen-bond donors (Lipinski definition) is 0. The van der Waals surface area contributed by atoms with Crippen LogP contribution in [0, 0.1) is 47.3 Å². The zero-order valence-electron chi connectivity index (χ0n) is 20.2. The normalized spacial score (nSPS) is 52.5. The fraction of sp³-hybridized carbons (Fsp3) is 1.00. The Morgan fingerprint density at radius 3 is 2.55 bits per heavy atom. The van der Waals surface area contributed by atoms with Gasteiger partial charge in [0.05, 0.1) is 30.5 Å². The van der Waals surface area contributed by atoms with Crippen LogP contribution >= 0.6 is 0 Å². The third-order valence-electron chi connectivity index (χ3n) is 10.8. The molecule has 6 fully saturated rings. The van der Waals surface area contributed by atoms with Crippen LogP contribution in [-0.2, 0) is 14.2 Å². The first-order valence-corrected chi connectivity index (χ1v) is 14.0. The van der Waals surface area contributed by atoms with Crippen molar-refractivity contribution in [1.29, 1.82) is 0 Å². The van der Waals surface area contributed by atoms with Gasteiger partial charge in [-0.2, -0.15) is 0 Å². The van der Waals surface area contributed by atoms with Gasteiger partial charge in [-0.05, 0) is 132 Å². The summed E-state index contributed by atoms with van der Waals surface area (Å²) in [5.41, 5.74) is 0. The minimum absolute atomic E-state index is 0.392. The van der Waals surface area contributed by atoms with Crippen molar-refractivity contribution >= 4 is 0 Å². The zero-order valence-corrected chi connectivity index (χ0v) is 20.2. The quantitative estimate of drug-likeness (QED) is 0.447. The summed E-state index contributed by atoms with van der Waals surface area (Å²) in [6, 6.07) is 0. The Morgan fingerprint density at radius 2 is 1.71 bits per heavy atom. The van der Waals surface area contributed by atoms with E-state index < -0.39 is 0 Å². The van der Waals surface area contributed by atoms with E-state index in [1.165, 1.54) is 51.4 Å². The summed E-state index contributed by atoms with van der Waals surface area (Å²) >= 11 is 0. The van der Waals surface area contributed by atoms with Crippen LogP contribution < -0.4 is 0 Å². The van der Waals surface area contributed by atoms with Crippen molar-refractivity contribution in [2.45, 2.75) is 122 Å². The van der Waals surface area contributed by atoms with E-state index in [9.17, 15) is 0 Å². The molecule has 31 heavy (non-hydrogen) atoms. The van der Waals surface area contributed by atoms with E-state index in [0.29, 0.717) is 42.4 Å². The fourth-order valence-electron chi connectivity index (χ4n) is 9.46. The van der Waals surface area contributed by atoms with Crippen molar-refractivity contribution < 1.29 is 14.2 Å². The van der Waals surface area contributed by atoms with Gasteiger partial charge in [0.25, 0.3) is 0 Å². The van der Waals surface area contributed by atoms with Crippen molar-refractivity contribution in [2.75, 3.05) is 6.61 Å². The van der Waals surface area contributed by atoms with Crippen LogP contribution in [0.4, 0.5) is 0 Å². The van der Waals surface area contributed by atoms with Crippen LogP contribution in [0.5, 0.6) is 0 Å². The molecule has 0 aromatic rings. The van der Waals surface area contributed by atoms with Gasteiger partial charge >= 0.3 is 0 Å². The van der Waals surface area contributed by atoms with Crippen LogP contribution in [0.15, 0.2) is 0 Å². The predicted molar refractivity (Wildman–Crippen MR) is 123 cm³/mol. The van der Waals surface area contributed by atoms with Crippen LogP contribution in [0.2, 0.25) is 0 Å². The summed E-state index contributed by atoms with van der Waals surface area (Å²) in [6.07, 6.45) is 17.1. The molecular weight excluding hydrogens is 384 g/mol. The number of ether oxygens (including phenoxy) is 3. The maximum absolute atomic E-state index is 6.83. The molecule has 0 aromatic heterocycles. The standard InChI is InChI=1S/C28H46O3/c1-16(9-19-10-24(29-15-19)14-23-6-4-5-17(2)30-23)18(3)31-26-13-22-12-25(26)28-21-8-7-20(11-21)27(22)28/h16-28H,4-15H2,1-3H3/t16?,17-,18-,19?,20?,21?,22?,23?,24?,25?,26?,27?,28?/m0/s1. The van der Waals surface area contributed by atoms with Gasteiger partial charge in [-0.15, -0.1) is 0 Å². The van der Waals surface area contributed by atoms with Gasteiger partial charge in [-0.25, -0.2) is 0 Å². The van der Waals surface area contributed by atoms with E-state index in [4.69, 9.17) is 14.2 Å². The Bertz CT molecular complexity index is 636. The summed E-state index contributed by atoms with van der Waals surface area (Å²) in [5.74, 6) is 7.55. The maximum atomic E-state index is 6.83. The molecule has 0 amide bonds. The first-order valence-electron chi connectivity index (χ1n) is 14.0. The van der Waals surface area contributed by atoms with Crippen molar-refractivity contribution in [3.05, 3.63) is 0 Å². The van der Waals surface area contributed by atoms with Gasteiger partial charge in [0.1, 0.15) is 0 Å². The minimum atomic E-state index is 0.392. The van der Waals surface area contributed by atoms with E-state index in [1.807, 2.05) is 0 Å². The predicted octanol–water partition coefficient (Wildman–Crippen LogP) is 6.24. The highest BCUT2D eigenvalue weighted by molar-refractivity contribution is 5.11. The third kappa shape index (κ3) is 4.03. The summed E-state index contributed by atoms with van der Waals surface area (Å²) in [7, 11) is 0. The molecule has 11 unspecified atom stereocenters. The molecule has 0 N–H and O–H groups in total. The highest BCUT2D eigenvalue weighted by atomic mass is 16.5. The van der Waals surface area contributed by atoms with Crippen molar-refractivity contribution in [3.8, 4) is 0 Å². The largest absolute Gasteiger partial charge is 0.378 e. The molecule has 0 aromatic carbocycles. The summed E-state index contributed by atoms with van der Waals surface area (Å²) in [6.45, 7) is 7.96. The molecule has 3 nitrogen and oxygen atoms in total.